The van der Waals surface area contributed by atoms with Gasteiger partial charge >= 0.3 is 5.69 Å². The third kappa shape index (κ3) is 4.30. The third-order valence-corrected chi connectivity index (χ3v) is 3.60. The van der Waals surface area contributed by atoms with Gasteiger partial charge in [-0.15, -0.1) is 12.3 Å². The lowest BCUT2D eigenvalue weighted by molar-refractivity contribution is -0.0685. The van der Waals surface area contributed by atoms with E-state index in [0.717, 1.165) is 17.4 Å². The van der Waals surface area contributed by atoms with Crippen LogP contribution >= 0.6 is 0 Å². The van der Waals surface area contributed by atoms with Crippen molar-refractivity contribution in [3.8, 4) is 12.3 Å². The number of nitrogens with two attached hydrogens (primary N) is 1. The van der Waals surface area contributed by atoms with Crippen LogP contribution in [-0.4, -0.2) is 51.3 Å². The number of hydrogen-bond acceptors (Lipinski definition) is 7. The molecular formula is C15H21N3O5. The molecule has 4 N–H and O–H groups in total. The highest BCUT2D eigenvalue weighted by Gasteiger charge is 2.44. The summed E-state index contributed by atoms with van der Waals surface area (Å²) in [6, 6.07) is 1.42. The van der Waals surface area contributed by atoms with E-state index in [1.807, 2.05) is 0 Å². The van der Waals surface area contributed by atoms with E-state index in [9.17, 15) is 15.0 Å². The molecule has 0 radical (unpaired) electrons. The van der Waals surface area contributed by atoms with Gasteiger partial charge in [0.25, 0.3) is 0 Å². The zero-order chi connectivity index (χ0) is 16.8. The second kappa shape index (κ2) is 8.08. The summed E-state index contributed by atoms with van der Waals surface area (Å²) in [7, 11) is 0. The number of aliphatic hydroxyl groups is 2. The van der Waals surface area contributed by atoms with E-state index >= 15 is 0 Å². The zero-order valence-corrected chi connectivity index (χ0v) is 12.7. The second-order valence-electron chi connectivity index (χ2n) is 5.32. The summed E-state index contributed by atoms with van der Waals surface area (Å²) >= 11 is 0. The summed E-state index contributed by atoms with van der Waals surface area (Å²) in [5, 5.41) is 20.1. The summed E-state index contributed by atoms with van der Waals surface area (Å²) in [5.74, 6) is 2.62. The monoisotopic (exact) mass is 323 g/mol. The number of aromatic nitrogens is 2. The molecule has 0 amide bonds. The molecule has 1 aliphatic heterocycles. The number of ether oxygens (including phenoxy) is 2. The highest BCUT2D eigenvalue weighted by atomic mass is 16.6. The van der Waals surface area contributed by atoms with E-state index < -0.39 is 30.2 Å². The van der Waals surface area contributed by atoms with Gasteiger partial charge in [-0.2, -0.15) is 4.98 Å². The first-order valence-electron chi connectivity index (χ1n) is 7.42. The molecule has 0 bridgehead atoms. The Bertz CT molecular complexity index is 612. The number of aliphatic hydroxyl groups excluding tert-OH is 2. The molecule has 4 atom stereocenters. The van der Waals surface area contributed by atoms with E-state index in [4.69, 9.17) is 21.6 Å². The number of nitrogens with zero attached hydrogens (tertiary/aromatic N) is 2. The minimum Gasteiger partial charge on any atom is -0.387 e. The van der Waals surface area contributed by atoms with Crippen LogP contribution in [0.15, 0.2) is 17.1 Å². The lowest BCUT2D eigenvalue weighted by Crippen LogP contribution is -2.36. The van der Waals surface area contributed by atoms with Gasteiger partial charge in [-0.3, -0.25) is 4.57 Å². The predicted octanol–water partition coefficient (Wildman–Crippen LogP) is -0.735. The van der Waals surface area contributed by atoms with E-state index in [1.54, 1.807) is 0 Å². The van der Waals surface area contributed by atoms with Gasteiger partial charge < -0.3 is 25.4 Å². The molecule has 1 aliphatic rings. The van der Waals surface area contributed by atoms with Crippen LogP contribution < -0.4 is 11.4 Å². The lowest BCUT2D eigenvalue weighted by atomic mass is 10.1. The molecule has 23 heavy (non-hydrogen) atoms. The molecule has 1 aromatic heterocycles. The first-order chi connectivity index (χ1) is 11.0. The van der Waals surface area contributed by atoms with Crippen LogP contribution in [0.1, 0.15) is 25.5 Å². The molecule has 0 aliphatic carbocycles. The molecule has 8 heteroatoms. The van der Waals surface area contributed by atoms with Crippen LogP contribution in [-0.2, 0) is 9.47 Å². The van der Waals surface area contributed by atoms with Gasteiger partial charge in [0.05, 0.1) is 6.61 Å². The average Bonchev–Trinajstić information content (AvgIpc) is 2.79. The van der Waals surface area contributed by atoms with E-state index in [1.165, 1.54) is 12.3 Å². The van der Waals surface area contributed by atoms with Gasteiger partial charge in [-0.05, 0) is 18.9 Å². The Balaban J connectivity index is 1.90. The normalized spacial score (nSPS) is 27.0. The highest BCUT2D eigenvalue weighted by Crippen LogP contribution is 2.28. The molecule has 126 valence electrons. The summed E-state index contributed by atoms with van der Waals surface area (Å²) < 4.78 is 12.1. The minimum absolute atomic E-state index is 0.0751. The van der Waals surface area contributed by atoms with Crippen molar-refractivity contribution < 1.29 is 19.7 Å². The highest BCUT2D eigenvalue weighted by molar-refractivity contribution is 5.23. The van der Waals surface area contributed by atoms with Crippen molar-refractivity contribution >= 4 is 5.82 Å². The molecular weight excluding hydrogens is 302 g/mol. The van der Waals surface area contributed by atoms with E-state index in [2.05, 4.69) is 10.9 Å². The molecule has 2 rings (SSSR count). The first-order valence-corrected chi connectivity index (χ1v) is 7.42. The number of unbranched alkanes of at least 4 members (excludes halogenated alkanes) is 2. The number of anilines is 1. The van der Waals surface area contributed by atoms with Gasteiger partial charge in [-0.25, -0.2) is 4.79 Å². The van der Waals surface area contributed by atoms with Crippen molar-refractivity contribution in [1.29, 1.82) is 0 Å². The van der Waals surface area contributed by atoms with Crippen LogP contribution in [0.2, 0.25) is 0 Å². The average molecular weight is 323 g/mol. The Labute approximate surface area is 133 Å². The molecule has 0 unspecified atom stereocenters. The summed E-state index contributed by atoms with van der Waals surface area (Å²) in [6.07, 6.45) is 4.72. The Kier molecular flexibility index (Phi) is 6.12. The fraction of sp³-hybridized carbons (Fsp3) is 0.600. The Hall–Kier alpha value is -1.92. The number of rotatable bonds is 7. The molecule has 1 saturated heterocycles. The van der Waals surface area contributed by atoms with Crippen molar-refractivity contribution in [2.24, 2.45) is 0 Å². The van der Waals surface area contributed by atoms with Gasteiger partial charge in [0.2, 0.25) is 0 Å². The molecule has 0 saturated carbocycles. The SMILES string of the molecule is C#CCCCCOC[C@H]1O[C@@H](n2ccc(N)nc2=O)[C@H](O)[C@@H]1O. The van der Waals surface area contributed by atoms with Crippen LogP contribution in [0.25, 0.3) is 0 Å². The maximum Gasteiger partial charge on any atom is 0.351 e. The van der Waals surface area contributed by atoms with Gasteiger partial charge in [0.1, 0.15) is 24.1 Å². The largest absolute Gasteiger partial charge is 0.387 e. The van der Waals surface area contributed by atoms with Crippen molar-refractivity contribution in [2.45, 2.75) is 43.8 Å². The predicted molar refractivity (Wildman–Crippen MR) is 82.3 cm³/mol. The number of hydrogen-bond donors (Lipinski definition) is 3. The topological polar surface area (TPSA) is 120 Å². The number of terminal acetylenes is 1. The Morgan fingerprint density at radius 1 is 1.43 bits per heavy atom. The molecule has 2 heterocycles. The number of nitrogen functional groups attached to an aromatic ring is 1. The second-order valence-corrected chi connectivity index (χ2v) is 5.32. The van der Waals surface area contributed by atoms with Gasteiger partial charge in [-0.1, -0.05) is 0 Å². The first kappa shape index (κ1) is 17.4. The van der Waals surface area contributed by atoms with Crippen molar-refractivity contribution in [1.82, 2.24) is 9.55 Å². The maximum absolute atomic E-state index is 11.8. The molecule has 1 aromatic rings. The molecule has 0 spiro atoms. The quantitative estimate of drug-likeness (QED) is 0.447. The van der Waals surface area contributed by atoms with Gasteiger partial charge in [0, 0.05) is 19.2 Å². The minimum atomic E-state index is -1.26. The summed E-state index contributed by atoms with van der Waals surface area (Å²) in [5.41, 5.74) is 4.77. The van der Waals surface area contributed by atoms with E-state index in [-0.39, 0.29) is 12.4 Å². The summed E-state index contributed by atoms with van der Waals surface area (Å²) in [6.45, 7) is 0.598. The van der Waals surface area contributed by atoms with Crippen LogP contribution in [0.5, 0.6) is 0 Å². The van der Waals surface area contributed by atoms with Crippen molar-refractivity contribution in [3.63, 3.8) is 0 Å². The van der Waals surface area contributed by atoms with Crippen molar-refractivity contribution in [2.75, 3.05) is 18.9 Å². The zero-order valence-electron chi connectivity index (χ0n) is 12.7. The third-order valence-electron chi connectivity index (χ3n) is 3.60. The Morgan fingerprint density at radius 2 is 2.22 bits per heavy atom. The van der Waals surface area contributed by atoms with E-state index in [0.29, 0.717) is 13.0 Å². The maximum atomic E-state index is 11.8. The van der Waals surface area contributed by atoms with Crippen molar-refractivity contribution in [3.05, 3.63) is 22.7 Å². The lowest BCUT2D eigenvalue weighted by Gasteiger charge is -2.16. The standard InChI is InChI=1S/C15H21N3O5/c1-2-3-4-5-8-22-9-10-12(19)13(20)14(23-10)18-7-6-11(16)17-15(18)21/h1,6-7,10,12-14,19-20H,3-5,8-9H2,(H2,16,17,21)/t10-,12-,13-,14-/m1/s1. The van der Waals surface area contributed by atoms with Crippen LogP contribution in [0.4, 0.5) is 5.82 Å². The van der Waals surface area contributed by atoms with Crippen LogP contribution in [0, 0.1) is 12.3 Å². The van der Waals surface area contributed by atoms with Crippen LogP contribution in [0.3, 0.4) is 0 Å². The molecule has 0 aromatic carbocycles. The Morgan fingerprint density at radius 3 is 2.91 bits per heavy atom. The molecule has 1 fully saturated rings. The fourth-order valence-corrected chi connectivity index (χ4v) is 2.35. The molecule has 8 nitrogen and oxygen atoms in total. The fourth-order valence-electron chi connectivity index (χ4n) is 2.35. The van der Waals surface area contributed by atoms with Gasteiger partial charge in [0.15, 0.2) is 6.23 Å². The summed E-state index contributed by atoms with van der Waals surface area (Å²) in [4.78, 5) is 15.4. The smallest absolute Gasteiger partial charge is 0.351 e.